The monoisotopic (exact) mass is 334 g/mol. The number of hydrogen-bond donors (Lipinski definition) is 2. The van der Waals surface area contributed by atoms with E-state index in [1.54, 1.807) is 13.1 Å². The van der Waals surface area contributed by atoms with Gasteiger partial charge in [-0.25, -0.2) is 14.4 Å². The van der Waals surface area contributed by atoms with Crippen molar-refractivity contribution in [2.45, 2.75) is 6.54 Å². The molecule has 2 heterocycles. The van der Waals surface area contributed by atoms with Crippen molar-refractivity contribution in [3.63, 3.8) is 0 Å². The van der Waals surface area contributed by atoms with E-state index >= 15 is 0 Å². The van der Waals surface area contributed by atoms with Crippen LogP contribution in [0.1, 0.15) is 16.1 Å². The van der Waals surface area contributed by atoms with Crippen molar-refractivity contribution in [1.29, 1.82) is 0 Å². The van der Waals surface area contributed by atoms with E-state index in [0.29, 0.717) is 16.6 Å². The Kier molecular flexibility index (Phi) is 3.83. The van der Waals surface area contributed by atoms with Gasteiger partial charge in [0.2, 0.25) is 0 Å². The van der Waals surface area contributed by atoms with E-state index in [2.05, 4.69) is 20.4 Å². The molecule has 0 spiro atoms. The van der Waals surface area contributed by atoms with Gasteiger partial charge >= 0.3 is 0 Å². The predicted octanol–water partition coefficient (Wildman–Crippen LogP) is 1.67. The van der Waals surface area contributed by atoms with Crippen LogP contribution in [0.3, 0.4) is 0 Å². The molecule has 0 saturated heterocycles. The Morgan fingerprint density at radius 1 is 1.43 bits per heavy atom. The number of carbonyl (C=O) groups excluding carboxylic acids is 1. The summed E-state index contributed by atoms with van der Waals surface area (Å²) in [7, 11) is 1.65. The SMILES string of the molecule is Cn1nc(N)c2ncnc(C(=O)NCc3ccc(F)c(Cl)c3)c21. The minimum Gasteiger partial charge on any atom is -0.380 e. The maximum absolute atomic E-state index is 13.1. The van der Waals surface area contributed by atoms with Crippen molar-refractivity contribution in [2.24, 2.45) is 7.05 Å². The van der Waals surface area contributed by atoms with Crippen molar-refractivity contribution >= 4 is 34.4 Å². The van der Waals surface area contributed by atoms with Gasteiger partial charge in [-0.15, -0.1) is 0 Å². The van der Waals surface area contributed by atoms with Crippen LogP contribution in [0.4, 0.5) is 10.2 Å². The Bertz CT molecular complexity index is 910. The topological polar surface area (TPSA) is 98.7 Å². The number of hydrogen-bond acceptors (Lipinski definition) is 5. The highest BCUT2D eigenvalue weighted by molar-refractivity contribution is 6.30. The minimum absolute atomic E-state index is 0.000540. The van der Waals surface area contributed by atoms with Crippen molar-refractivity contribution in [2.75, 3.05) is 5.73 Å². The lowest BCUT2D eigenvalue weighted by molar-refractivity contribution is 0.0947. The number of aryl methyl sites for hydroxylation is 1. The Hall–Kier alpha value is -2.74. The maximum atomic E-state index is 13.1. The highest BCUT2D eigenvalue weighted by Crippen LogP contribution is 2.19. The molecule has 2 aromatic heterocycles. The molecule has 1 amide bonds. The van der Waals surface area contributed by atoms with Gasteiger partial charge in [-0.3, -0.25) is 9.48 Å². The molecule has 3 aromatic rings. The van der Waals surface area contributed by atoms with Crippen LogP contribution in [0.2, 0.25) is 5.02 Å². The van der Waals surface area contributed by atoms with Crippen LogP contribution in [-0.2, 0) is 13.6 Å². The first kappa shape index (κ1) is 15.2. The summed E-state index contributed by atoms with van der Waals surface area (Å²) in [6.45, 7) is 0.178. The van der Waals surface area contributed by atoms with E-state index in [4.69, 9.17) is 17.3 Å². The van der Waals surface area contributed by atoms with Gasteiger partial charge < -0.3 is 11.1 Å². The van der Waals surface area contributed by atoms with Crippen molar-refractivity contribution in [1.82, 2.24) is 25.1 Å². The lowest BCUT2D eigenvalue weighted by atomic mass is 10.2. The van der Waals surface area contributed by atoms with E-state index in [1.165, 1.54) is 23.1 Å². The fourth-order valence-corrected chi connectivity index (χ4v) is 2.42. The second-order valence-corrected chi connectivity index (χ2v) is 5.27. The van der Waals surface area contributed by atoms with E-state index in [1.807, 2.05) is 0 Å². The summed E-state index contributed by atoms with van der Waals surface area (Å²) >= 11 is 5.71. The van der Waals surface area contributed by atoms with Crippen LogP contribution in [0.15, 0.2) is 24.5 Å². The molecular formula is C14H12ClFN6O. The van der Waals surface area contributed by atoms with Crippen molar-refractivity contribution in [3.8, 4) is 0 Å². The average molecular weight is 335 g/mol. The van der Waals surface area contributed by atoms with E-state index in [9.17, 15) is 9.18 Å². The largest absolute Gasteiger partial charge is 0.380 e. The zero-order chi connectivity index (χ0) is 16.6. The Balaban J connectivity index is 1.85. The summed E-state index contributed by atoms with van der Waals surface area (Å²) in [5, 5.41) is 6.72. The first-order valence-electron chi connectivity index (χ1n) is 6.62. The van der Waals surface area contributed by atoms with E-state index < -0.39 is 11.7 Å². The molecule has 1 aromatic carbocycles. The van der Waals surface area contributed by atoms with Crippen LogP contribution in [0, 0.1) is 5.82 Å². The summed E-state index contributed by atoms with van der Waals surface area (Å²) in [4.78, 5) is 20.4. The number of aromatic nitrogens is 4. The molecular weight excluding hydrogens is 323 g/mol. The molecule has 3 N–H and O–H groups in total. The highest BCUT2D eigenvalue weighted by Gasteiger charge is 2.18. The number of nitrogens with two attached hydrogens (primary N) is 1. The highest BCUT2D eigenvalue weighted by atomic mass is 35.5. The molecule has 0 radical (unpaired) electrons. The van der Waals surface area contributed by atoms with Gasteiger partial charge in [-0.05, 0) is 17.7 Å². The van der Waals surface area contributed by atoms with Gasteiger partial charge in [0, 0.05) is 13.6 Å². The number of fused-ring (bicyclic) bond motifs is 1. The fourth-order valence-electron chi connectivity index (χ4n) is 2.21. The normalized spacial score (nSPS) is 10.9. The molecule has 0 saturated carbocycles. The molecule has 118 valence electrons. The second-order valence-electron chi connectivity index (χ2n) is 4.86. The molecule has 9 heteroatoms. The summed E-state index contributed by atoms with van der Waals surface area (Å²) in [5.41, 5.74) is 7.42. The van der Waals surface area contributed by atoms with E-state index in [0.717, 1.165) is 0 Å². The first-order chi connectivity index (χ1) is 11.0. The number of rotatable bonds is 3. The lowest BCUT2D eigenvalue weighted by Crippen LogP contribution is -2.24. The second kappa shape index (κ2) is 5.81. The predicted molar refractivity (Wildman–Crippen MR) is 83.3 cm³/mol. The van der Waals surface area contributed by atoms with Gasteiger partial charge in [0.1, 0.15) is 23.2 Å². The molecule has 0 unspecified atom stereocenters. The molecule has 0 aliphatic rings. The van der Waals surface area contributed by atoms with Crippen LogP contribution >= 0.6 is 11.6 Å². The Labute approximate surface area is 135 Å². The molecule has 0 aliphatic carbocycles. The number of nitrogens with zero attached hydrogens (tertiary/aromatic N) is 4. The number of carbonyl (C=O) groups is 1. The standard InChI is InChI=1S/C14H12ClFN6O/c1-22-12-10(13(17)21-22)19-6-20-11(12)14(23)18-5-7-2-3-9(16)8(15)4-7/h2-4,6H,5H2,1H3,(H2,17,21)(H,18,23). The summed E-state index contributed by atoms with van der Waals surface area (Å²) in [6.07, 6.45) is 1.25. The van der Waals surface area contributed by atoms with Crippen LogP contribution < -0.4 is 11.1 Å². The summed E-state index contributed by atoms with van der Waals surface area (Å²) in [6, 6.07) is 4.24. The number of anilines is 1. The third kappa shape index (κ3) is 2.80. The van der Waals surface area contributed by atoms with Crippen LogP contribution in [0.5, 0.6) is 0 Å². The van der Waals surface area contributed by atoms with Gasteiger partial charge in [-0.1, -0.05) is 17.7 Å². The Morgan fingerprint density at radius 3 is 2.96 bits per heavy atom. The number of benzene rings is 1. The lowest BCUT2D eigenvalue weighted by Gasteiger charge is -2.07. The quantitative estimate of drug-likeness (QED) is 0.759. The number of nitrogens with one attached hydrogen (secondary N) is 1. The number of halogens is 2. The zero-order valence-electron chi connectivity index (χ0n) is 12.0. The number of nitrogen functional groups attached to an aromatic ring is 1. The maximum Gasteiger partial charge on any atom is 0.272 e. The zero-order valence-corrected chi connectivity index (χ0v) is 12.8. The summed E-state index contributed by atoms with van der Waals surface area (Å²) in [5.74, 6) is -0.699. The third-order valence-corrected chi connectivity index (χ3v) is 3.59. The molecule has 0 fully saturated rings. The van der Waals surface area contributed by atoms with Gasteiger partial charge in [0.25, 0.3) is 5.91 Å². The summed E-state index contributed by atoms with van der Waals surface area (Å²) < 4.78 is 14.6. The van der Waals surface area contributed by atoms with Gasteiger partial charge in [-0.2, -0.15) is 5.10 Å². The van der Waals surface area contributed by atoms with Gasteiger partial charge in [0.15, 0.2) is 11.5 Å². The van der Waals surface area contributed by atoms with Gasteiger partial charge in [0.05, 0.1) is 5.02 Å². The third-order valence-electron chi connectivity index (χ3n) is 3.30. The van der Waals surface area contributed by atoms with Crippen molar-refractivity contribution in [3.05, 3.63) is 46.6 Å². The smallest absolute Gasteiger partial charge is 0.272 e. The van der Waals surface area contributed by atoms with Crippen LogP contribution in [-0.4, -0.2) is 25.7 Å². The molecule has 0 aliphatic heterocycles. The average Bonchev–Trinajstić information content (AvgIpc) is 2.83. The Morgan fingerprint density at radius 2 is 2.22 bits per heavy atom. The van der Waals surface area contributed by atoms with E-state index in [-0.39, 0.29) is 23.1 Å². The minimum atomic E-state index is -0.510. The van der Waals surface area contributed by atoms with Crippen LogP contribution in [0.25, 0.3) is 11.0 Å². The molecule has 23 heavy (non-hydrogen) atoms. The number of amides is 1. The van der Waals surface area contributed by atoms with Crippen molar-refractivity contribution < 1.29 is 9.18 Å². The molecule has 0 bridgehead atoms. The molecule has 7 nitrogen and oxygen atoms in total. The molecule has 3 rings (SSSR count). The molecule has 0 atom stereocenters. The fraction of sp³-hybridized carbons (Fsp3) is 0.143. The first-order valence-corrected chi connectivity index (χ1v) is 7.00.